The van der Waals surface area contributed by atoms with Gasteiger partial charge in [-0.1, -0.05) is 11.6 Å². The lowest BCUT2D eigenvalue weighted by Gasteiger charge is -2.26. The highest BCUT2D eigenvalue weighted by Crippen LogP contribution is 2.33. The summed E-state index contributed by atoms with van der Waals surface area (Å²) in [5, 5.41) is 12.0. The Morgan fingerprint density at radius 1 is 1.22 bits per heavy atom. The molecule has 23 heavy (non-hydrogen) atoms. The number of hydrogen-bond donors (Lipinski definition) is 3. The first-order valence-corrected chi connectivity index (χ1v) is 8.70. The maximum atomic E-state index is 12.5. The number of rotatable bonds is 4. The number of carbonyl (C=O) groups is 2. The molecule has 2 heterocycles. The van der Waals surface area contributed by atoms with Gasteiger partial charge >= 0.3 is 5.97 Å². The van der Waals surface area contributed by atoms with E-state index in [0.717, 1.165) is 10.4 Å². The molecule has 0 saturated heterocycles. The number of hydrogen-bond acceptors (Lipinski definition) is 3. The zero-order valence-electron chi connectivity index (χ0n) is 12.3. The van der Waals surface area contributed by atoms with E-state index in [1.807, 2.05) is 12.1 Å². The summed E-state index contributed by atoms with van der Waals surface area (Å²) in [6, 6.07) is 3.74. The summed E-state index contributed by atoms with van der Waals surface area (Å²) in [4.78, 5) is 27.4. The minimum absolute atomic E-state index is 0.0350. The molecule has 0 aromatic carbocycles. The van der Waals surface area contributed by atoms with Crippen LogP contribution in [0.5, 0.6) is 0 Å². The van der Waals surface area contributed by atoms with Gasteiger partial charge in [-0.2, -0.15) is 0 Å². The summed E-state index contributed by atoms with van der Waals surface area (Å²) in [5.41, 5.74) is 1.42. The molecule has 2 aromatic rings. The van der Waals surface area contributed by atoms with Crippen LogP contribution in [0.25, 0.3) is 10.4 Å². The lowest BCUT2D eigenvalue weighted by atomic mass is 9.86. The molecule has 3 N–H and O–H groups in total. The fourth-order valence-corrected chi connectivity index (χ4v) is 4.04. The van der Waals surface area contributed by atoms with Gasteiger partial charge in [-0.3, -0.25) is 9.59 Å². The number of aliphatic carboxylic acids is 1. The van der Waals surface area contributed by atoms with Crippen LogP contribution in [-0.2, 0) is 4.79 Å². The second-order valence-corrected chi connectivity index (χ2v) is 7.46. The van der Waals surface area contributed by atoms with Gasteiger partial charge in [0.1, 0.15) is 0 Å². The van der Waals surface area contributed by atoms with Crippen molar-refractivity contribution in [3.8, 4) is 10.4 Å². The van der Waals surface area contributed by atoms with Crippen LogP contribution in [0.4, 0.5) is 0 Å². The first kappa shape index (κ1) is 16.1. The van der Waals surface area contributed by atoms with Gasteiger partial charge in [0.25, 0.3) is 5.91 Å². The molecular formula is C16H17ClN2O3S. The average Bonchev–Trinajstić information content (AvgIpc) is 3.16. The van der Waals surface area contributed by atoms with Crippen LogP contribution in [0, 0.1) is 5.92 Å². The highest BCUT2D eigenvalue weighted by molar-refractivity contribution is 7.19. The number of carbonyl (C=O) groups excluding carboxylic acids is 1. The van der Waals surface area contributed by atoms with Gasteiger partial charge in [0, 0.05) is 28.9 Å². The molecule has 122 valence electrons. The molecule has 0 unspecified atom stereocenters. The highest BCUT2D eigenvalue weighted by Gasteiger charge is 2.27. The molecule has 0 aliphatic heterocycles. The number of thiophene rings is 1. The maximum absolute atomic E-state index is 12.5. The Labute approximate surface area is 142 Å². The van der Waals surface area contributed by atoms with Crippen LogP contribution in [0.1, 0.15) is 36.0 Å². The normalized spacial score (nSPS) is 21.1. The average molecular weight is 353 g/mol. The molecule has 5 nitrogen and oxygen atoms in total. The van der Waals surface area contributed by atoms with Crippen LogP contribution >= 0.6 is 22.9 Å². The van der Waals surface area contributed by atoms with Crippen LogP contribution in [-0.4, -0.2) is 28.0 Å². The van der Waals surface area contributed by atoms with Gasteiger partial charge in [-0.05, 0) is 37.8 Å². The lowest BCUT2D eigenvalue weighted by Crippen LogP contribution is -2.38. The number of carboxylic acids is 1. The fraction of sp³-hybridized carbons (Fsp3) is 0.375. The number of nitrogens with one attached hydrogen (secondary N) is 2. The molecule has 1 saturated carbocycles. The van der Waals surface area contributed by atoms with E-state index in [4.69, 9.17) is 16.7 Å². The number of halogens is 1. The molecule has 1 aliphatic rings. The van der Waals surface area contributed by atoms with Crippen molar-refractivity contribution in [3.05, 3.63) is 34.4 Å². The second-order valence-electron chi connectivity index (χ2n) is 5.75. The molecule has 0 atom stereocenters. The van der Waals surface area contributed by atoms with Crippen molar-refractivity contribution in [1.82, 2.24) is 10.3 Å². The summed E-state index contributed by atoms with van der Waals surface area (Å²) in [7, 11) is 0. The van der Waals surface area contributed by atoms with Crippen molar-refractivity contribution in [2.24, 2.45) is 5.92 Å². The van der Waals surface area contributed by atoms with Gasteiger partial charge in [0.05, 0.1) is 15.8 Å². The van der Waals surface area contributed by atoms with E-state index in [1.165, 1.54) is 11.3 Å². The summed E-state index contributed by atoms with van der Waals surface area (Å²) >= 11 is 7.39. The van der Waals surface area contributed by atoms with Crippen LogP contribution in [0.2, 0.25) is 4.34 Å². The minimum atomic E-state index is -0.739. The van der Waals surface area contributed by atoms with E-state index in [1.54, 1.807) is 12.4 Å². The molecule has 1 fully saturated rings. The van der Waals surface area contributed by atoms with Gasteiger partial charge in [0.2, 0.25) is 0 Å². The number of amides is 1. The number of carboxylic acid groups (broad SMARTS) is 1. The predicted octanol–water partition coefficient (Wildman–Crippen LogP) is 3.77. The summed E-state index contributed by atoms with van der Waals surface area (Å²) in [5.74, 6) is -1.15. The standard InChI is InChI=1S/C16H17ClN2O3S/c17-14-6-5-13(23-14)11-7-18-8-12(11)15(20)19-10-3-1-9(2-4-10)16(21)22/h5-10,18H,1-4H2,(H,19,20)(H,21,22). The Hall–Kier alpha value is -1.79. The first-order chi connectivity index (χ1) is 11.0. The minimum Gasteiger partial charge on any atom is -0.481 e. The summed E-state index contributed by atoms with van der Waals surface area (Å²) < 4.78 is 0.680. The van der Waals surface area contributed by atoms with Crippen LogP contribution in [0.15, 0.2) is 24.5 Å². The smallest absolute Gasteiger partial charge is 0.306 e. The SMILES string of the molecule is O=C(NC1CCC(C(=O)O)CC1)c1c[nH]cc1-c1ccc(Cl)s1. The molecule has 1 aliphatic carbocycles. The predicted molar refractivity (Wildman–Crippen MR) is 90.0 cm³/mol. The molecule has 2 aromatic heterocycles. The van der Waals surface area contributed by atoms with Crippen LogP contribution in [0.3, 0.4) is 0 Å². The van der Waals surface area contributed by atoms with E-state index in [9.17, 15) is 9.59 Å². The quantitative estimate of drug-likeness (QED) is 0.783. The Kier molecular flexibility index (Phi) is 4.73. The zero-order chi connectivity index (χ0) is 16.4. The van der Waals surface area contributed by atoms with Crippen molar-refractivity contribution in [2.75, 3.05) is 0 Å². The third-order valence-electron chi connectivity index (χ3n) is 4.24. The zero-order valence-corrected chi connectivity index (χ0v) is 13.9. The summed E-state index contributed by atoms with van der Waals surface area (Å²) in [6.45, 7) is 0. The van der Waals surface area contributed by atoms with Gasteiger partial charge in [-0.25, -0.2) is 0 Å². The number of aromatic amines is 1. The Morgan fingerprint density at radius 2 is 1.96 bits per heavy atom. The number of aromatic nitrogens is 1. The Balaban J connectivity index is 1.66. The van der Waals surface area contributed by atoms with Crippen LogP contribution < -0.4 is 5.32 Å². The van der Waals surface area contributed by atoms with E-state index >= 15 is 0 Å². The Morgan fingerprint density at radius 3 is 2.57 bits per heavy atom. The fourth-order valence-electron chi connectivity index (χ4n) is 2.96. The third-order valence-corrected chi connectivity index (χ3v) is 5.50. The van der Waals surface area contributed by atoms with Gasteiger partial charge in [-0.15, -0.1) is 11.3 Å². The van der Waals surface area contributed by atoms with Crippen molar-refractivity contribution < 1.29 is 14.7 Å². The molecular weight excluding hydrogens is 336 g/mol. The van der Waals surface area contributed by atoms with Crippen molar-refractivity contribution in [1.29, 1.82) is 0 Å². The topological polar surface area (TPSA) is 82.2 Å². The molecule has 0 spiro atoms. The van der Waals surface area contributed by atoms with E-state index < -0.39 is 5.97 Å². The molecule has 0 radical (unpaired) electrons. The lowest BCUT2D eigenvalue weighted by molar-refractivity contribution is -0.142. The van der Waals surface area contributed by atoms with Crippen molar-refractivity contribution in [2.45, 2.75) is 31.7 Å². The monoisotopic (exact) mass is 352 g/mol. The molecule has 1 amide bonds. The van der Waals surface area contributed by atoms with Gasteiger partial charge in [0.15, 0.2) is 0 Å². The first-order valence-electron chi connectivity index (χ1n) is 7.50. The Bertz CT molecular complexity index is 716. The van der Waals surface area contributed by atoms with Gasteiger partial charge < -0.3 is 15.4 Å². The molecule has 7 heteroatoms. The van der Waals surface area contributed by atoms with E-state index in [-0.39, 0.29) is 17.9 Å². The highest BCUT2D eigenvalue weighted by atomic mass is 35.5. The third kappa shape index (κ3) is 3.59. The van der Waals surface area contributed by atoms with Crippen molar-refractivity contribution in [3.63, 3.8) is 0 Å². The maximum Gasteiger partial charge on any atom is 0.306 e. The molecule has 3 rings (SSSR count). The van der Waals surface area contributed by atoms with E-state index in [0.29, 0.717) is 35.6 Å². The summed E-state index contributed by atoms with van der Waals surface area (Å²) in [6.07, 6.45) is 6.10. The second kappa shape index (κ2) is 6.76. The molecule has 0 bridgehead atoms. The number of H-pyrrole nitrogens is 1. The largest absolute Gasteiger partial charge is 0.481 e. The van der Waals surface area contributed by atoms with Crippen molar-refractivity contribution >= 4 is 34.8 Å². The van der Waals surface area contributed by atoms with E-state index in [2.05, 4.69) is 10.3 Å².